The Bertz CT molecular complexity index is 498. The summed E-state index contributed by atoms with van der Waals surface area (Å²) in [6.07, 6.45) is 0.567. The molecule has 0 spiro atoms. The number of nitriles is 1. The summed E-state index contributed by atoms with van der Waals surface area (Å²) in [6.45, 7) is 4.00. The molecule has 0 bridgehead atoms. The van der Waals surface area contributed by atoms with E-state index >= 15 is 0 Å². The van der Waals surface area contributed by atoms with E-state index in [4.69, 9.17) is 14.7 Å². The molecule has 0 amide bonds. The van der Waals surface area contributed by atoms with Gasteiger partial charge in [-0.15, -0.1) is 0 Å². The molecular weight excluding hydrogens is 242 g/mol. The zero-order chi connectivity index (χ0) is 13.1. The first-order valence-corrected chi connectivity index (χ1v) is 6.57. The van der Waals surface area contributed by atoms with Crippen LogP contribution in [0.3, 0.4) is 0 Å². The first-order valence-electron chi connectivity index (χ1n) is 6.57. The predicted molar refractivity (Wildman–Crippen MR) is 69.9 cm³/mol. The van der Waals surface area contributed by atoms with Gasteiger partial charge in [-0.2, -0.15) is 5.26 Å². The number of ether oxygens (including phenoxy) is 2. The zero-order valence-electron chi connectivity index (χ0n) is 10.8. The summed E-state index contributed by atoms with van der Waals surface area (Å²) in [5.41, 5.74) is 1.20. The number of rotatable bonds is 3. The van der Waals surface area contributed by atoms with Crippen LogP contribution in [0.25, 0.3) is 0 Å². The van der Waals surface area contributed by atoms with Crippen molar-refractivity contribution in [1.82, 2.24) is 10.2 Å². The predicted octanol–water partition coefficient (Wildman–Crippen LogP) is 1.10. The SMILES string of the molecule is N#CCC1CNCCN1Cc1ccc2c(c1)OCO2. The summed E-state index contributed by atoms with van der Waals surface area (Å²) >= 11 is 0. The Balaban J connectivity index is 1.71. The number of piperazine rings is 1. The number of hydrogen-bond donors (Lipinski definition) is 1. The Labute approximate surface area is 112 Å². The third-order valence-electron chi connectivity index (χ3n) is 3.62. The van der Waals surface area contributed by atoms with Crippen molar-refractivity contribution in [2.24, 2.45) is 0 Å². The van der Waals surface area contributed by atoms with Crippen molar-refractivity contribution in [2.75, 3.05) is 26.4 Å². The maximum atomic E-state index is 8.89. The summed E-state index contributed by atoms with van der Waals surface area (Å²) in [4.78, 5) is 2.36. The Kier molecular flexibility index (Phi) is 3.53. The molecule has 0 saturated carbocycles. The van der Waals surface area contributed by atoms with Crippen molar-refractivity contribution in [1.29, 1.82) is 5.26 Å². The molecule has 1 saturated heterocycles. The summed E-state index contributed by atoms with van der Waals surface area (Å²) in [6, 6.07) is 8.63. The van der Waals surface area contributed by atoms with Gasteiger partial charge < -0.3 is 14.8 Å². The highest BCUT2D eigenvalue weighted by atomic mass is 16.7. The van der Waals surface area contributed by atoms with Crippen LogP contribution in [-0.2, 0) is 6.54 Å². The number of hydrogen-bond acceptors (Lipinski definition) is 5. The number of fused-ring (bicyclic) bond motifs is 1. The van der Waals surface area contributed by atoms with Crippen LogP contribution < -0.4 is 14.8 Å². The maximum absolute atomic E-state index is 8.89. The average Bonchev–Trinajstić information content (AvgIpc) is 2.89. The molecule has 0 aromatic heterocycles. The quantitative estimate of drug-likeness (QED) is 0.881. The minimum atomic E-state index is 0.296. The molecule has 1 aromatic carbocycles. The van der Waals surface area contributed by atoms with Gasteiger partial charge in [-0.05, 0) is 17.7 Å². The molecule has 2 heterocycles. The van der Waals surface area contributed by atoms with Crippen LogP contribution in [0.1, 0.15) is 12.0 Å². The highest BCUT2D eigenvalue weighted by Crippen LogP contribution is 2.33. The van der Waals surface area contributed by atoms with E-state index in [0.29, 0.717) is 19.3 Å². The van der Waals surface area contributed by atoms with E-state index in [-0.39, 0.29) is 0 Å². The Hall–Kier alpha value is -1.77. The van der Waals surface area contributed by atoms with Gasteiger partial charge in [0.05, 0.1) is 12.5 Å². The second-order valence-electron chi connectivity index (χ2n) is 4.88. The maximum Gasteiger partial charge on any atom is 0.231 e. The number of nitrogens with zero attached hydrogens (tertiary/aromatic N) is 2. The lowest BCUT2D eigenvalue weighted by Crippen LogP contribution is -2.50. The van der Waals surface area contributed by atoms with Crippen LogP contribution in [0.5, 0.6) is 11.5 Å². The van der Waals surface area contributed by atoms with Gasteiger partial charge in [-0.25, -0.2) is 0 Å². The topological polar surface area (TPSA) is 57.5 Å². The van der Waals surface area contributed by atoms with Gasteiger partial charge in [-0.1, -0.05) is 6.07 Å². The van der Waals surface area contributed by atoms with Crippen molar-refractivity contribution in [3.63, 3.8) is 0 Å². The molecule has 1 fully saturated rings. The van der Waals surface area contributed by atoms with E-state index in [0.717, 1.165) is 37.7 Å². The molecule has 100 valence electrons. The lowest BCUT2D eigenvalue weighted by molar-refractivity contribution is 0.155. The van der Waals surface area contributed by atoms with Crippen molar-refractivity contribution in [3.05, 3.63) is 23.8 Å². The molecule has 0 radical (unpaired) electrons. The van der Waals surface area contributed by atoms with Gasteiger partial charge in [-0.3, -0.25) is 4.90 Å². The molecular formula is C14H17N3O2. The molecule has 1 N–H and O–H groups in total. The van der Waals surface area contributed by atoms with E-state index in [2.05, 4.69) is 22.4 Å². The standard InChI is InChI=1S/C14H17N3O2/c15-4-3-12-8-16-5-6-17(12)9-11-1-2-13-14(7-11)19-10-18-13/h1-2,7,12,16H,3,5-6,8-10H2. The Morgan fingerprint density at radius 3 is 3.16 bits per heavy atom. The molecule has 3 rings (SSSR count). The molecule has 5 heteroatoms. The van der Waals surface area contributed by atoms with Crippen LogP contribution in [0.2, 0.25) is 0 Å². The van der Waals surface area contributed by atoms with E-state index in [1.54, 1.807) is 0 Å². The molecule has 1 aromatic rings. The van der Waals surface area contributed by atoms with Gasteiger partial charge in [0.15, 0.2) is 11.5 Å². The lowest BCUT2D eigenvalue weighted by Gasteiger charge is -2.35. The number of benzene rings is 1. The molecule has 19 heavy (non-hydrogen) atoms. The van der Waals surface area contributed by atoms with E-state index in [9.17, 15) is 0 Å². The van der Waals surface area contributed by atoms with Crippen LogP contribution in [-0.4, -0.2) is 37.4 Å². The smallest absolute Gasteiger partial charge is 0.231 e. The van der Waals surface area contributed by atoms with Crippen molar-refractivity contribution < 1.29 is 9.47 Å². The second-order valence-corrected chi connectivity index (χ2v) is 4.88. The first-order chi connectivity index (χ1) is 9.36. The molecule has 0 aliphatic carbocycles. The van der Waals surface area contributed by atoms with Crippen LogP contribution in [0, 0.1) is 11.3 Å². The van der Waals surface area contributed by atoms with Crippen LogP contribution in [0.4, 0.5) is 0 Å². The normalized spacial score (nSPS) is 22.2. The Morgan fingerprint density at radius 1 is 1.37 bits per heavy atom. The van der Waals surface area contributed by atoms with E-state index in [1.165, 1.54) is 5.56 Å². The van der Waals surface area contributed by atoms with Crippen molar-refractivity contribution >= 4 is 0 Å². The summed E-state index contributed by atoms with van der Waals surface area (Å²) in [5.74, 6) is 1.64. The average molecular weight is 259 g/mol. The minimum absolute atomic E-state index is 0.296. The fourth-order valence-corrected chi connectivity index (χ4v) is 2.59. The van der Waals surface area contributed by atoms with Crippen molar-refractivity contribution in [3.8, 4) is 17.6 Å². The first kappa shape index (κ1) is 12.3. The highest BCUT2D eigenvalue weighted by Gasteiger charge is 2.22. The number of nitrogens with one attached hydrogen (secondary N) is 1. The van der Waals surface area contributed by atoms with Gasteiger partial charge in [0.1, 0.15) is 0 Å². The fraction of sp³-hybridized carbons (Fsp3) is 0.500. The zero-order valence-corrected chi connectivity index (χ0v) is 10.8. The summed E-state index contributed by atoms with van der Waals surface area (Å²) < 4.78 is 10.7. The third kappa shape index (κ3) is 2.65. The summed E-state index contributed by atoms with van der Waals surface area (Å²) in [5, 5.41) is 12.2. The molecule has 2 aliphatic heterocycles. The van der Waals surface area contributed by atoms with Crippen LogP contribution >= 0.6 is 0 Å². The van der Waals surface area contributed by atoms with Crippen molar-refractivity contribution in [2.45, 2.75) is 19.0 Å². The molecule has 2 aliphatic rings. The van der Waals surface area contributed by atoms with Gasteiger partial charge in [0, 0.05) is 32.2 Å². The molecule has 5 nitrogen and oxygen atoms in total. The monoisotopic (exact) mass is 259 g/mol. The largest absolute Gasteiger partial charge is 0.454 e. The molecule has 1 atom stereocenters. The van der Waals surface area contributed by atoms with E-state index in [1.807, 2.05) is 12.1 Å². The highest BCUT2D eigenvalue weighted by molar-refractivity contribution is 5.44. The van der Waals surface area contributed by atoms with Gasteiger partial charge in [0.25, 0.3) is 0 Å². The van der Waals surface area contributed by atoms with Crippen LogP contribution in [0.15, 0.2) is 18.2 Å². The molecule has 1 unspecified atom stereocenters. The van der Waals surface area contributed by atoms with E-state index < -0.39 is 0 Å². The third-order valence-corrected chi connectivity index (χ3v) is 3.62. The second kappa shape index (κ2) is 5.47. The fourth-order valence-electron chi connectivity index (χ4n) is 2.59. The van der Waals surface area contributed by atoms with Gasteiger partial charge in [0.2, 0.25) is 6.79 Å². The Morgan fingerprint density at radius 2 is 2.26 bits per heavy atom. The summed E-state index contributed by atoms with van der Waals surface area (Å²) in [7, 11) is 0. The van der Waals surface area contributed by atoms with Gasteiger partial charge >= 0.3 is 0 Å². The minimum Gasteiger partial charge on any atom is -0.454 e. The lowest BCUT2D eigenvalue weighted by atomic mass is 10.1.